The lowest BCUT2D eigenvalue weighted by Gasteiger charge is -2.32. The Balaban J connectivity index is 1.35. The fourth-order valence-electron chi connectivity index (χ4n) is 4.34. The highest BCUT2D eigenvalue weighted by atomic mass is 16.5. The molecule has 1 fully saturated rings. The third-order valence-electron chi connectivity index (χ3n) is 6.08. The van der Waals surface area contributed by atoms with E-state index in [1.54, 1.807) is 6.20 Å². The molecule has 5 rings (SSSR count). The fourth-order valence-corrected chi connectivity index (χ4v) is 4.34. The molecule has 1 amide bonds. The van der Waals surface area contributed by atoms with Gasteiger partial charge in [-0.3, -0.25) is 9.78 Å². The smallest absolute Gasteiger partial charge is 0.274 e. The Kier molecular flexibility index (Phi) is 5.68. The number of carbonyl (C=O) groups excluding carboxylic acids is 1. The molecule has 0 aliphatic carbocycles. The number of rotatable bonds is 4. The van der Waals surface area contributed by atoms with Gasteiger partial charge in [0.25, 0.3) is 5.91 Å². The standard InChI is InChI=1S/C27H28N4O2/c1-18-4-6-21(7-5-18)14-22-13-20(3)28-23(15-22)25-17-31(10-11-33-25)27(32)24-16-30-9-8-19(2)12-26(30)29-24/h4-9,12-13,15-16,25H,10-11,14,17H2,1-3H3/t25-/m1/s1. The van der Waals surface area contributed by atoms with Crippen molar-refractivity contribution in [1.82, 2.24) is 19.3 Å². The first-order chi connectivity index (χ1) is 15.9. The van der Waals surface area contributed by atoms with Crippen molar-refractivity contribution in [1.29, 1.82) is 0 Å². The van der Waals surface area contributed by atoms with Crippen molar-refractivity contribution >= 4 is 11.6 Å². The van der Waals surface area contributed by atoms with Crippen molar-refractivity contribution < 1.29 is 9.53 Å². The van der Waals surface area contributed by atoms with Gasteiger partial charge in [0.2, 0.25) is 0 Å². The van der Waals surface area contributed by atoms with Gasteiger partial charge >= 0.3 is 0 Å². The minimum Gasteiger partial charge on any atom is -0.368 e. The third kappa shape index (κ3) is 4.66. The SMILES string of the molecule is Cc1ccc(Cc2cc(C)nc([C@H]3CN(C(=O)c4cn5ccc(C)cc5n4)CCO3)c2)cc1. The summed E-state index contributed by atoms with van der Waals surface area (Å²) in [6.45, 7) is 7.61. The maximum absolute atomic E-state index is 13.2. The van der Waals surface area contributed by atoms with Crippen LogP contribution < -0.4 is 0 Å². The summed E-state index contributed by atoms with van der Waals surface area (Å²) in [5.74, 6) is -0.0721. The van der Waals surface area contributed by atoms with Crippen molar-refractivity contribution in [2.45, 2.75) is 33.3 Å². The van der Waals surface area contributed by atoms with Gasteiger partial charge in [-0.1, -0.05) is 29.8 Å². The maximum atomic E-state index is 13.2. The number of imidazole rings is 1. The Morgan fingerprint density at radius 3 is 2.64 bits per heavy atom. The molecule has 1 aliphatic heterocycles. The summed E-state index contributed by atoms with van der Waals surface area (Å²) in [4.78, 5) is 24.3. The van der Waals surface area contributed by atoms with Gasteiger partial charge in [-0.25, -0.2) is 4.98 Å². The van der Waals surface area contributed by atoms with Gasteiger partial charge < -0.3 is 14.0 Å². The molecule has 1 atom stereocenters. The molecule has 3 aromatic heterocycles. The van der Waals surface area contributed by atoms with Gasteiger partial charge in [-0.15, -0.1) is 0 Å². The number of morpholine rings is 1. The molecule has 4 aromatic rings. The molecule has 0 radical (unpaired) electrons. The summed E-state index contributed by atoms with van der Waals surface area (Å²) in [5.41, 5.74) is 7.90. The second kappa shape index (κ2) is 8.79. The number of benzene rings is 1. The Bertz CT molecular complexity index is 1310. The van der Waals surface area contributed by atoms with E-state index < -0.39 is 0 Å². The molecule has 0 spiro atoms. The number of aryl methyl sites for hydroxylation is 3. The van der Waals surface area contributed by atoms with E-state index in [-0.39, 0.29) is 12.0 Å². The number of pyridine rings is 2. The van der Waals surface area contributed by atoms with Gasteiger partial charge in [0.1, 0.15) is 17.4 Å². The van der Waals surface area contributed by atoms with Gasteiger partial charge in [0, 0.05) is 24.6 Å². The average Bonchev–Trinajstić information content (AvgIpc) is 3.23. The quantitative estimate of drug-likeness (QED) is 0.470. The van der Waals surface area contributed by atoms with E-state index in [9.17, 15) is 4.79 Å². The molecule has 0 bridgehead atoms. The van der Waals surface area contributed by atoms with E-state index in [4.69, 9.17) is 9.72 Å². The highest BCUT2D eigenvalue weighted by Gasteiger charge is 2.28. The predicted octanol–water partition coefficient (Wildman–Crippen LogP) is 4.46. The van der Waals surface area contributed by atoms with E-state index in [1.165, 1.54) is 16.7 Å². The summed E-state index contributed by atoms with van der Waals surface area (Å²) in [5, 5.41) is 0. The monoisotopic (exact) mass is 440 g/mol. The number of fused-ring (bicyclic) bond motifs is 1. The molecule has 168 valence electrons. The first kappa shape index (κ1) is 21.3. The van der Waals surface area contributed by atoms with E-state index in [0.29, 0.717) is 25.4 Å². The van der Waals surface area contributed by atoms with Gasteiger partial charge in [-0.2, -0.15) is 0 Å². The van der Waals surface area contributed by atoms with Crippen LogP contribution in [0.1, 0.15) is 50.2 Å². The molecule has 1 saturated heterocycles. The highest BCUT2D eigenvalue weighted by molar-refractivity contribution is 5.93. The fraction of sp³-hybridized carbons (Fsp3) is 0.296. The Morgan fingerprint density at radius 2 is 1.82 bits per heavy atom. The van der Waals surface area contributed by atoms with E-state index in [0.717, 1.165) is 29.0 Å². The zero-order valence-electron chi connectivity index (χ0n) is 19.3. The Labute approximate surface area is 193 Å². The molecule has 6 nitrogen and oxygen atoms in total. The summed E-state index contributed by atoms with van der Waals surface area (Å²) in [6.07, 6.45) is 4.32. The van der Waals surface area contributed by atoms with Crippen molar-refractivity contribution in [3.63, 3.8) is 0 Å². The molecule has 1 aliphatic rings. The van der Waals surface area contributed by atoms with Crippen molar-refractivity contribution in [2.24, 2.45) is 0 Å². The summed E-state index contributed by atoms with van der Waals surface area (Å²) >= 11 is 0. The molecule has 0 saturated carbocycles. The lowest BCUT2D eigenvalue weighted by molar-refractivity contribution is -0.0249. The molecule has 33 heavy (non-hydrogen) atoms. The Morgan fingerprint density at radius 1 is 1.00 bits per heavy atom. The minimum absolute atomic E-state index is 0.0721. The van der Waals surface area contributed by atoms with Crippen LogP contribution in [0.15, 0.2) is 60.9 Å². The second-order valence-electron chi connectivity index (χ2n) is 8.91. The molecule has 6 heteroatoms. The van der Waals surface area contributed by atoms with Crippen LogP contribution in [0, 0.1) is 20.8 Å². The van der Waals surface area contributed by atoms with E-state index >= 15 is 0 Å². The number of carbonyl (C=O) groups is 1. The van der Waals surface area contributed by atoms with Crippen molar-refractivity contribution in [3.05, 3.63) is 100 Å². The molecule has 4 heterocycles. The normalized spacial score (nSPS) is 16.3. The van der Waals surface area contributed by atoms with Crippen LogP contribution >= 0.6 is 0 Å². The summed E-state index contributed by atoms with van der Waals surface area (Å²) in [6, 6.07) is 16.8. The first-order valence-corrected chi connectivity index (χ1v) is 11.3. The van der Waals surface area contributed by atoms with Crippen LogP contribution in [-0.2, 0) is 11.2 Å². The number of aromatic nitrogens is 3. The number of hydrogen-bond donors (Lipinski definition) is 0. The summed E-state index contributed by atoms with van der Waals surface area (Å²) < 4.78 is 7.94. The number of ether oxygens (including phenoxy) is 1. The topological polar surface area (TPSA) is 59.7 Å². The lowest BCUT2D eigenvalue weighted by Crippen LogP contribution is -2.42. The lowest BCUT2D eigenvalue weighted by atomic mass is 10.0. The van der Waals surface area contributed by atoms with E-state index in [2.05, 4.69) is 48.3 Å². The van der Waals surface area contributed by atoms with Gasteiger partial charge in [0.05, 0.1) is 18.8 Å². The van der Waals surface area contributed by atoms with Crippen molar-refractivity contribution in [2.75, 3.05) is 19.7 Å². The maximum Gasteiger partial charge on any atom is 0.274 e. The number of amides is 1. The van der Waals surface area contributed by atoms with Crippen LogP contribution in [0.5, 0.6) is 0 Å². The van der Waals surface area contributed by atoms with Crippen molar-refractivity contribution in [3.8, 4) is 0 Å². The molecular weight excluding hydrogens is 412 g/mol. The van der Waals surface area contributed by atoms with E-state index in [1.807, 2.05) is 41.5 Å². The largest absolute Gasteiger partial charge is 0.368 e. The second-order valence-corrected chi connectivity index (χ2v) is 8.91. The predicted molar refractivity (Wildman–Crippen MR) is 127 cm³/mol. The first-order valence-electron chi connectivity index (χ1n) is 11.3. The van der Waals surface area contributed by atoms with Crippen LogP contribution in [0.2, 0.25) is 0 Å². The van der Waals surface area contributed by atoms with Gasteiger partial charge in [-0.05, 0) is 68.1 Å². The van der Waals surface area contributed by atoms with Crippen LogP contribution in [0.25, 0.3) is 5.65 Å². The average molecular weight is 441 g/mol. The van der Waals surface area contributed by atoms with Crippen LogP contribution in [0.3, 0.4) is 0 Å². The third-order valence-corrected chi connectivity index (χ3v) is 6.08. The minimum atomic E-state index is -0.251. The number of hydrogen-bond acceptors (Lipinski definition) is 4. The van der Waals surface area contributed by atoms with Gasteiger partial charge in [0.15, 0.2) is 0 Å². The zero-order chi connectivity index (χ0) is 22.9. The highest BCUT2D eigenvalue weighted by Crippen LogP contribution is 2.24. The van der Waals surface area contributed by atoms with Crippen LogP contribution in [-0.4, -0.2) is 44.9 Å². The molecule has 0 N–H and O–H groups in total. The Hall–Kier alpha value is -3.51. The molecular formula is C27H28N4O2. The number of nitrogens with zero attached hydrogens (tertiary/aromatic N) is 4. The molecule has 1 aromatic carbocycles. The van der Waals surface area contributed by atoms with Crippen LogP contribution in [0.4, 0.5) is 0 Å². The molecule has 0 unspecified atom stereocenters. The zero-order valence-corrected chi connectivity index (χ0v) is 19.3. The summed E-state index contributed by atoms with van der Waals surface area (Å²) in [7, 11) is 0.